The van der Waals surface area contributed by atoms with Crippen LogP contribution in [-0.2, 0) is 23.9 Å². The number of fused-ring (bicyclic) bond motifs is 1. The molecule has 2 saturated heterocycles. The van der Waals surface area contributed by atoms with Crippen LogP contribution in [0.1, 0.15) is 47.0 Å². The van der Waals surface area contributed by atoms with Gasteiger partial charge in [0.15, 0.2) is 5.78 Å². The molecule has 0 unspecified atom stereocenters. The first-order chi connectivity index (χ1) is 15.6. The van der Waals surface area contributed by atoms with Crippen molar-refractivity contribution < 1.29 is 42.2 Å². The van der Waals surface area contributed by atoms with E-state index < -0.39 is 54.2 Å². The van der Waals surface area contributed by atoms with Gasteiger partial charge >= 0.3 is 6.36 Å². The van der Waals surface area contributed by atoms with Crippen molar-refractivity contribution in [1.82, 2.24) is 15.5 Å². The van der Waals surface area contributed by atoms with E-state index in [2.05, 4.69) is 15.4 Å². The average Bonchev–Trinajstić information content (AvgIpc) is 3.11. The molecule has 0 aromatic heterocycles. The molecule has 34 heavy (non-hydrogen) atoms. The second-order valence-electron chi connectivity index (χ2n) is 10.3. The molecule has 0 aromatic rings. The maximum atomic E-state index is 13.4. The van der Waals surface area contributed by atoms with Crippen LogP contribution in [0.2, 0.25) is 0 Å². The van der Waals surface area contributed by atoms with E-state index >= 15 is 0 Å². The number of likely N-dealkylation sites (tertiary alicyclic amines) is 1. The van der Waals surface area contributed by atoms with Gasteiger partial charge in [-0.15, -0.1) is 13.2 Å². The van der Waals surface area contributed by atoms with Crippen molar-refractivity contribution in [3.8, 4) is 0 Å². The van der Waals surface area contributed by atoms with E-state index in [9.17, 15) is 37.5 Å². The third-order valence-electron chi connectivity index (χ3n) is 7.65. The van der Waals surface area contributed by atoms with Crippen molar-refractivity contribution in [2.24, 2.45) is 23.2 Å². The molecule has 1 saturated carbocycles. The van der Waals surface area contributed by atoms with Crippen molar-refractivity contribution in [3.63, 3.8) is 0 Å². The number of nitrogens with one attached hydrogen (secondary N) is 2. The molecular formula is C22H32F3N3O6. The first-order valence-electron chi connectivity index (χ1n) is 11.4. The molecule has 3 fully saturated rings. The van der Waals surface area contributed by atoms with E-state index in [4.69, 9.17) is 0 Å². The molecule has 9 nitrogen and oxygen atoms in total. The van der Waals surface area contributed by atoms with Crippen LogP contribution in [0.3, 0.4) is 0 Å². The molecule has 0 spiro atoms. The minimum Gasteiger partial charge on any atom is -0.380 e. The predicted molar refractivity (Wildman–Crippen MR) is 112 cm³/mol. The summed E-state index contributed by atoms with van der Waals surface area (Å²) in [5, 5.41) is 15.6. The van der Waals surface area contributed by atoms with Crippen LogP contribution in [0.4, 0.5) is 13.2 Å². The Morgan fingerprint density at radius 2 is 1.97 bits per heavy atom. The number of ether oxygens (including phenoxy) is 1. The number of rotatable bonds is 9. The lowest BCUT2D eigenvalue weighted by atomic mass is 9.94. The fourth-order valence-corrected chi connectivity index (χ4v) is 5.19. The fourth-order valence-electron chi connectivity index (χ4n) is 5.19. The predicted octanol–water partition coefficient (Wildman–Crippen LogP) is 0.747. The Bertz CT molecular complexity index is 859. The Balaban J connectivity index is 1.80. The standard InChI is InChI=1S/C22H32F3N3O6/c1-5-21(4,33)19(32)28-9-12-15(20(12,2)3)16(28)18(31)27-13(8-11-6-7-26-17(11)30)14(29)10-34-22(23,24)25/h11-13,15-16,33H,5-10H2,1-4H3,(H,26,30)(H,27,31)/t11-,12-,13-,15-,16-,21-/m0/s1. The first kappa shape index (κ1) is 26.4. The van der Waals surface area contributed by atoms with Gasteiger partial charge in [0.1, 0.15) is 18.2 Å². The Hall–Kier alpha value is -2.21. The number of aliphatic hydroxyl groups is 1. The zero-order valence-corrected chi connectivity index (χ0v) is 19.7. The maximum Gasteiger partial charge on any atom is 0.522 e. The summed E-state index contributed by atoms with van der Waals surface area (Å²) in [5.74, 6) is -3.52. The quantitative estimate of drug-likeness (QED) is 0.437. The molecule has 12 heteroatoms. The molecule has 0 radical (unpaired) electrons. The highest BCUT2D eigenvalue weighted by Gasteiger charge is 2.70. The second-order valence-corrected chi connectivity index (χ2v) is 10.3. The smallest absolute Gasteiger partial charge is 0.380 e. The van der Waals surface area contributed by atoms with Gasteiger partial charge in [0.2, 0.25) is 11.8 Å². The molecule has 2 aliphatic heterocycles. The second kappa shape index (κ2) is 9.10. The van der Waals surface area contributed by atoms with Gasteiger partial charge in [0.25, 0.3) is 5.91 Å². The number of piperidine rings is 1. The third-order valence-corrected chi connectivity index (χ3v) is 7.65. The van der Waals surface area contributed by atoms with Crippen LogP contribution < -0.4 is 10.6 Å². The molecular weight excluding hydrogens is 459 g/mol. The topological polar surface area (TPSA) is 125 Å². The molecule has 1 aliphatic carbocycles. The lowest BCUT2D eigenvalue weighted by molar-refractivity contribution is -0.321. The van der Waals surface area contributed by atoms with E-state index in [0.29, 0.717) is 13.0 Å². The zero-order valence-electron chi connectivity index (χ0n) is 19.7. The number of carbonyl (C=O) groups is 4. The molecule has 0 bridgehead atoms. The van der Waals surface area contributed by atoms with Crippen LogP contribution in [0.15, 0.2) is 0 Å². The van der Waals surface area contributed by atoms with Gasteiger partial charge in [-0.05, 0) is 43.4 Å². The number of amides is 3. The highest BCUT2D eigenvalue weighted by molar-refractivity contribution is 5.96. The lowest BCUT2D eigenvalue weighted by Crippen LogP contribution is -2.58. The van der Waals surface area contributed by atoms with Crippen molar-refractivity contribution in [2.45, 2.75) is 71.0 Å². The maximum absolute atomic E-state index is 13.4. The largest absolute Gasteiger partial charge is 0.522 e. The molecule has 2 heterocycles. The van der Waals surface area contributed by atoms with Crippen LogP contribution in [-0.4, -0.2) is 77.3 Å². The normalized spacial score (nSPS) is 30.2. The number of ketones is 1. The molecule has 3 rings (SSSR count). The van der Waals surface area contributed by atoms with E-state index in [1.807, 2.05) is 13.8 Å². The summed E-state index contributed by atoms with van der Waals surface area (Å²) in [6.45, 7) is 6.21. The van der Waals surface area contributed by atoms with Gasteiger partial charge in [-0.2, -0.15) is 0 Å². The van der Waals surface area contributed by atoms with Gasteiger partial charge in [-0.3, -0.25) is 23.9 Å². The van der Waals surface area contributed by atoms with Gasteiger partial charge < -0.3 is 20.6 Å². The number of Topliss-reactive ketones (excluding diaryl/α,β-unsaturated/α-hetero) is 1. The van der Waals surface area contributed by atoms with Crippen molar-refractivity contribution in [3.05, 3.63) is 0 Å². The van der Waals surface area contributed by atoms with E-state index in [-0.39, 0.29) is 42.5 Å². The first-order valence-corrected chi connectivity index (χ1v) is 11.4. The summed E-state index contributed by atoms with van der Waals surface area (Å²) in [6, 6.07) is -2.38. The number of nitrogens with zero attached hydrogens (tertiary/aromatic N) is 1. The molecule has 6 atom stereocenters. The Labute approximate surface area is 195 Å². The van der Waals surface area contributed by atoms with Gasteiger partial charge in [0, 0.05) is 19.0 Å². The summed E-state index contributed by atoms with van der Waals surface area (Å²) in [7, 11) is 0. The Morgan fingerprint density at radius 1 is 1.32 bits per heavy atom. The Morgan fingerprint density at radius 3 is 2.50 bits per heavy atom. The Kier molecular flexibility index (Phi) is 7.07. The molecule has 3 amide bonds. The summed E-state index contributed by atoms with van der Waals surface area (Å²) in [6.07, 6.45) is -4.70. The SMILES string of the molecule is CC[C@](C)(O)C(=O)N1C[C@H]2[C@@H]([C@H]1C(=O)N[C@@H](C[C@@H]1CCNC1=O)C(=O)COC(F)(F)F)C2(C)C. The van der Waals surface area contributed by atoms with E-state index in [1.54, 1.807) is 6.92 Å². The van der Waals surface area contributed by atoms with Crippen LogP contribution >= 0.6 is 0 Å². The van der Waals surface area contributed by atoms with Crippen molar-refractivity contribution in [2.75, 3.05) is 19.7 Å². The fraction of sp³-hybridized carbons (Fsp3) is 0.818. The molecule has 3 aliphatic rings. The van der Waals surface area contributed by atoms with Crippen LogP contribution in [0.5, 0.6) is 0 Å². The van der Waals surface area contributed by atoms with Crippen molar-refractivity contribution in [1.29, 1.82) is 0 Å². The average molecular weight is 492 g/mol. The van der Waals surface area contributed by atoms with Gasteiger partial charge in [0.05, 0.1) is 6.04 Å². The van der Waals surface area contributed by atoms with Crippen LogP contribution in [0.25, 0.3) is 0 Å². The van der Waals surface area contributed by atoms with E-state index in [0.717, 1.165) is 0 Å². The third kappa shape index (κ3) is 5.22. The minimum absolute atomic E-state index is 0.0168. The minimum atomic E-state index is -5.03. The van der Waals surface area contributed by atoms with Gasteiger partial charge in [-0.1, -0.05) is 20.8 Å². The van der Waals surface area contributed by atoms with E-state index in [1.165, 1.54) is 11.8 Å². The van der Waals surface area contributed by atoms with Gasteiger partial charge in [-0.25, -0.2) is 0 Å². The molecule has 0 aromatic carbocycles. The summed E-state index contributed by atoms with van der Waals surface area (Å²) >= 11 is 0. The molecule has 192 valence electrons. The van der Waals surface area contributed by atoms with Crippen LogP contribution in [0, 0.1) is 23.2 Å². The number of alkyl halides is 3. The summed E-state index contributed by atoms with van der Waals surface area (Å²) in [4.78, 5) is 52.2. The lowest BCUT2D eigenvalue weighted by Gasteiger charge is -2.35. The summed E-state index contributed by atoms with van der Waals surface area (Å²) in [5.41, 5.74) is -1.93. The number of halogens is 3. The monoisotopic (exact) mass is 491 g/mol. The highest BCUT2D eigenvalue weighted by atomic mass is 19.4. The number of hydrogen-bond donors (Lipinski definition) is 3. The molecule has 3 N–H and O–H groups in total. The zero-order chi connectivity index (χ0) is 25.6. The number of carbonyl (C=O) groups excluding carboxylic acids is 4. The summed E-state index contributed by atoms with van der Waals surface area (Å²) < 4.78 is 41.1. The highest BCUT2D eigenvalue weighted by Crippen LogP contribution is 2.65. The number of hydrogen-bond acceptors (Lipinski definition) is 6. The van der Waals surface area contributed by atoms with Crippen molar-refractivity contribution >= 4 is 23.5 Å².